The number of nitrogens with one attached hydrogen (secondary N) is 2. The quantitative estimate of drug-likeness (QED) is 0.603. The van der Waals surface area contributed by atoms with Crippen molar-refractivity contribution in [3.8, 4) is 0 Å². The monoisotopic (exact) mass is 478 g/mol. The number of aromatic nitrogens is 2. The average molecular weight is 479 g/mol. The fourth-order valence-corrected chi connectivity index (χ4v) is 5.33. The van der Waals surface area contributed by atoms with E-state index in [1.807, 2.05) is 35.9 Å². The standard InChI is InChI=1S/C27H38N6O2/c1-19(28-2)25(34)31-24(20-10-5-4-6-11-20)26(35)33-17-8-14-23(33)21-12-7-13-22(18-21)32(3)27-29-15-9-16-30-27/h7,9,12-13,15-16,18-20,23-24,28H,4-6,8,10-11,14,17H2,1-3H3,(H,31,34)/t19-,23-,24-/m0/s1. The summed E-state index contributed by atoms with van der Waals surface area (Å²) in [7, 11) is 3.71. The minimum Gasteiger partial charge on any atom is -0.343 e. The molecular formula is C27H38N6O2. The van der Waals surface area contributed by atoms with Gasteiger partial charge < -0.3 is 20.4 Å². The molecule has 1 saturated heterocycles. The molecule has 4 rings (SSSR count). The van der Waals surface area contributed by atoms with Gasteiger partial charge in [0.2, 0.25) is 17.8 Å². The Labute approximate surface area is 208 Å². The highest BCUT2D eigenvalue weighted by molar-refractivity contribution is 5.90. The molecule has 35 heavy (non-hydrogen) atoms. The lowest BCUT2D eigenvalue weighted by Crippen LogP contribution is -2.55. The number of likely N-dealkylation sites (N-methyl/N-ethyl adjacent to an activating group) is 1. The number of nitrogens with zero attached hydrogens (tertiary/aromatic N) is 4. The smallest absolute Gasteiger partial charge is 0.245 e. The maximum absolute atomic E-state index is 14.0. The predicted molar refractivity (Wildman–Crippen MR) is 137 cm³/mol. The molecule has 0 radical (unpaired) electrons. The molecule has 0 bridgehead atoms. The Kier molecular flexibility index (Phi) is 8.33. The fourth-order valence-electron chi connectivity index (χ4n) is 5.33. The number of carbonyl (C=O) groups is 2. The van der Waals surface area contributed by atoms with E-state index in [2.05, 4.69) is 32.7 Å². The number of hydrogen-bond acceptors (Lipinski definition) is 6. The molecule has 1 aliphatic heterocycles. The molecule has 8 nitrogen and oxygen atoms in total. The number of likely N-dealkylation sites (tertiary alicyclic amines) is 1. The van der Waals surface area contributed by atoms with Gasteiger partial charge in [-0.15, -0.1) is 0 Å². The molecule has 1 aliphatic carbocycles. The Morgan fingerprint density at radius 2 is 1.80 bits per heavy atom. The third-order valence-electron chi connectivity index (χ3n) is 7.54. The maximum Gasteiger partial charge on any atom is 0.245 e. The van der Waals surface area contributed by atoms with E-state index < -0.39 is 6.04 Å². The molecule has 2 aromatic rings. The molecule has 0 unspecified atom stereocenters. The predicted octanol–water partition coefficient (Wildman–Crippen LogP) is 3.58. The average Bonchev–Trinajstić information content (AvgIpc) is 3.41. The minimum atomic E-state index is -0.470. The number of amides is 2. The van der Waals surface area contributed by atoms with Crippen LogP contribution in [-0.4, -0.2) is 59.4 Å². The van der Waals surface area contributed by atoms with Crippen molar-refractivity contribution >= 4 is 23.5 Å². The van der Waals surface area contributed by atoms with Crippen molar-refractivity contribution in [3.63, 3.8) is 0 Å². The van der Waals surface area contributed by atoms with Crippen LogP contribution in [0.15, 0.2) is 42.7 Å². The first-order chi connectivity index (χ1) is 17.0. The molecule has 188 valence electrons. The Morgan fingerprint density at radius 1 is 1.06 bits per heavy atom. The highest BCUT2D eigenvalue weighted by Crippen LogP contribution is 2.36. The molecule has 0 spiro atoms. The summed E-state index contributed by atoms with van der Waals surface area (Å²) in [6.07, 6.45) is 10.7. The van der Waals surface area contributed by atoms with Gasteiger partial charge in [-0.05, 0) is 69.3 Å². The Morgan fingerprint density at radius 3 is 2.51 bits per heavy atom. The second-order valence-corrected chi connectivity index (χ2v) is 9.79. The number of carbonyl (C=O) groups excluding carboxylic acids is 2. The summed E-state index contributed by atoms with van der Waals surface area (Å²) >= 11 is 0. The highest BCUT2D eigenvalue weighted by atomic mass is 16.2. The summed E-state index contributed by atoms with van der Waals surface area (Å²) in [5.74, 6) is 0.765. The SMILES string of the molecule is CN[C@@H](C)C(=O)N[C@H](C(=O)N1CCC[C@H]1c1cccc(N(C)c2ncccn2)c1)C1CCCCC1. The van der Waals surface area contributed by atoms with E-state index in [4.69, 9.17) is 0 Å². The first-order valence-electron chi connectivity index (χ1n) is 12.9. The zero-order valence-corrected chi connectivity index (χ0v) is 21.1. The van der Waals surface area contributed by atoms with Gasteiger partial charge in [0.1, 0.15) is 6.04 Å². The van der Waals surface area contributed by atoms with E-state index in [0.29, 0.717) is 12.5 Å². The third-order valence-corrected chi connectivity index (χ3v) is 7.54. The molecule has 1 saturated carbocycles. The van der Waals surface area contributed by atoms with Crippen molar-refractivity contribution in [2.24, 2.45) is 5.92 Å². The molecule has 1 aromatic heterocycles. The molecule has 2 aliphatic rings. The van der Waals surface area contributed by atoms with E-state index in [0.717, 1.165) is 49.8 Å². The van der Waals surface area contributed by atoms with E-state index in [1.165, 1.54) is 6.42 Å². The zero-order valence-electron chi connectivity index (χ0n) is 21.1. The summed E-state index contributed by atoms with van der Waals surface area (Å²) in [5.41, 5.74) is 2.08. The lowest BCUT2D eigenvalue weighted by Gasteiger charge is -2.35. The van der Waals surface area contributed by atoms with Crippen molar-refractivity contribution in [1.82, 2.24) is 25.5 Å². The summed E-state index contributed by atoms with van der Waals surface area (Å²) < 4.78 is 0. The van der Waals surface area contributed by atoms with Crippen LogP contribution in [0.4, 0.5) is 11.6 Å². The summed E-state index contributed by atoms with van der Waals surface area (Å²) in [4.78, 5) is 39.4. The maximum atomic E-state index is 14.0. The van der Waals surface area contributed by atoms with E-state index in [1.54, 1.807) is 25.5 Å². The van der Waals surface area contributed by atoms with Gasteiger partial charge in [-0.1, -0.05) is 31.4 Å². The second kappa shape index (κ2) is 11.6. The molecule has 1 aromatic carbocycles. The first kappa shape index (κ1) is 25.1. The second-order valence-electron chi connectivity index (χ2n) is 9.79. The summed E-state index contributed by atoms with van der Waals surface area (Å²) in [6.45, 7) is 2.54. The van der Waals surface area contributed by atoms with Crippen molar-refractivity contribution in [1.29, 1.82) is 0 Å². The first-order valence-corrected chi connectivity index (χ1v) is 12.9. The Bertz CT molecular complexity index is 994. The topological polar surface area (TPSA) is 90.5 Å². The molecule has 3 atom stereocenters. The van der Waals surface area contributed by atoms with E-state index in [9.17, 15) is 9.59 Å². The molecule has 2 N–H and O–H groups in total. The molecule has 2 heterocycles. The number of hydrogen-bond donors (Lipinski definition) is 2. The zero-order chi connectivity index (χ0) is 24.8. The largest absolute Gasteiger partial charge is 0.343 e. The van der Waals surface area contributed by atoms with Crippen LogP contribution in [0.25, 0.3) is 0 Å². The van der Waals surface area contributed by atoms with Gasteiger partial charge in [-0.2, -0.15) is 0 Å². The number of benzene rings is 1. The van der Waals surface area contributed by atoms with Gasteiger partial charge in [0.05, 0.1) is 12.1 Å². The summed E-state index contributed by atoms with van der Waals surface area (Å²) in [5, 5.41) is 6.11. The molecular weight excluding hydrogens is 440 g/mol. The van der Waals surface area contributed by atoms with Crippen molar-refractivity contribution < 1.29 is 9.59 Å². The van der Waals surface area contributed by atoms with Crippen LogP contribution in [0, 0.1) is 5.92 Å². The van der Waals surface area contributed by atoms with Crippen LogP contribution in [0.2, 0.25) is 0 Å². The van der Waals surface area contributed by atoms with E-state index in [-0.39, 0.29) is 29.8 Å². The lowest BCUT2D eigenvalue weighted by molar-refractivity contribution is -0.139. The van der Waals surface area contributed by atoms with Gasteiger partial charge in [0, 0.05) is 31.7 Å². The minimum absolute atomic E-state index is 0.00254. The third kappa shape index (κ3) is 5.81. The van der Waals surface area contributed by atoms with Crippen LogP contribution in [0.3, 0.4) is 0 Å². The summed E-state index contributed by atoms with van der Waals surface area (Å²) in [6, 6.07) is 9.27. The highest BCUT2D eigenvalue weighted by Gasteiger charge is 2.39. The Balaban J connectivity index is 1.56. The molecule has 2 amide bonds. The van der Waals surface area contributed by atoms with E-state index >= 15 is 0 Å². The number of anilines is 2. The molecule has 8 heteroatoms. The number of rotatable bonds is 8. The van der Waals surface area contributed by atoms with Crippen LogP contribution in [-0.2, 0) is 9.59 Å². The van der Waals surface area contributed by atoms with Crippen LogP contribution >= 0.6 is 0 Å². The normalized spacial score (nSPS) is 20.3. The van der Waals surface area contributed by atoms with Crippen LogP contribution in [0.5, 0.6) is 0 Å². The van der Waals surface area contributed by atoms with Gasteiger partial charge in [-0.3, -0.25) is 9.59 Å². The van der Waals surface area contributed by atoms with Crippen LogP contribution in [0.1, 0.15) is 63.5 Å². The van der Waals surface area contributed by atoms with Gasteiger partial charge >= 0.3 is 0 Å². The van der Waals surface area contributed by atoms with Crippen molar-refractivity contribution in [3.05, 3.63) is 48.3 Å². The van der Waals surface area contributed by atoms with Crippen molar-refractivity contribution in [2.75, 3.05) is 25.5 Å². The van der Waals surface area contributed by atoms with Crippen molar-refractivity contribution in [2.45, 2.75) is 70.0 Å². The lowest BCUT2D eigenvalue weighted by atomic mass is 9.83. The Hall–Kier alpha value is -3.00. The molecule has 2 fully saturated rings. The van der Waals surface area contributed by atoms with Gasteiger partial charge in [0.15, 0.2) is 0 Å². The van der Waals surface area contributed by atoms with Gasteiger partial charge in [-0.25, -0.2) is 9.97 Å². The van der Waals surface area contributed by atoms with Crippen LogP contribution < -0.4 is 15.5 Å². The fraction of sp³-hybridized carbons (Fsp3) is 0.556. The van der Waals surface area contributed by atoms with Gasteiger partial charge in [0.25, 0.3) is 0 Å².